The van der Waals surface area contributed by atoms with E-state index in [-0.39, 0.29) is 5.91 Å². The summed E-state index contributed by atoms with van der Waals surface area (Å²) in [5, 5.41) is 2.99. The Morgan fingerprint density at radius 3 is 2.64 bits per heavy atom. The zero-order valence-electron chi connectivity index (χ0n) is 14.3. The Balaban J connectivity index is 1.62. The van der Waals surface area contributed by atoms with E-state index in [0.717, 1.165) is 29.5 Å². The molecule has 1 aromatic heterocycles. The molecule has 3 rings (SSSR count). The molecule has 0 saturated carbocycles. The zero-order valence-corrected chi connectivity index (χ0v) is 15.2. The van der Waals surface area contributed by atoms with E-state index < -0.39 is 0 Å². The topological polar surface area (TPSA) is 54.9 Å². The maximum atomic E-state index is 12.5. The van der Waals surface area contributed by atoms with E-state index in [2.05, 4.69) is 9.88 Å². The maximum Gasteiger partial charge on any atom is 0.246 e. The SMILES string of the molecule is COc1ccc(OC)c(/C=C/C(=O)N2CCN(c3nccs3)CC2)c1. The monoisotopic (exact) mass is 359 g/mol. The van der Waals surface area contributed by atoms with Crippen LogP contribution in [-0.4, -0.2) is 56.2 Å². The number of aromatic nitrogens is 1. The van der Waals surface area contributed by atoms with Crippen LogP contribution in [0.1, 0.15) is 5.56 Å². The lowest BCUT2D eigenvalue weighted by Crippen LogP contribution is -2.48. The normalized spacial score (nSPS) is 14.8. The summed E-state index contributed by atoms with van der Waals surface area (Å²) in [7, 11) is 3.22. The molecule has 1 fully saturated rings. The highest BCUT2D eigenvalue weighted by Crippen LogP contribution is 2.25. The average Bonchev–Trinajstić information content (AvgIpc) is 3.20. The minimum atomic E-state index is 0.00339. The van der Waals surface area contributed by atoms with Gasteiger partial charge in [0.05, 0.1) is 14.2 Å². The summed E-state index contributed by atoms with van der Waals surface area (Å²) in [6.45, 7) is 2.99. The summed E-state index contributed by atoms with van der Waals surface area (Å²) >= 11 is 1.63. The van der Waals surface area contributed by atoms with Gasteiger partial charge < -0.3 is 19.3 Å². The van der Waals surface area contributed by atoms with Crippen LogP contribution in [0.4, 0.5) is 5.13 Å². The van der Waals surface area contributed by atoms with Gasteiger partial charge in [-0.15, -0.1) is 11.3 Å². The Bertz CT molecular complexity index is 738. The smallest absolute Gasteiger partial charge is 0.246 e. The number of hydrogen-bond donors (Lipinski definition) is 0. The Labute approximate surface area is 151 Å². The third-order valence-corrected chi connectivity index (χ3v) is 4.96. The predicted molar refractivity (Wildman–Crippen MR) is 99.5 cm³/mol. The van der Waals surface area contributed by atoms with Gasteiger partial charge in [0.2, 0.25) is 5.91 Å². The van der Waals surface area contributed by atoms with Crippen molar-refractivity contribution in [2.75, 3.05) is 45.3 Å². The summed E-state index contributed by atoms with van der Waals surface area (Å²) in [6, 6.07) is 5.51. The second-order valence-corrected chi connectivity index (χ2v) is 6.44. The molecule has 1 amide bonds. The molecule has 1 aromatic carbocycles. The lowest BCUT2D eigenvalue weighted by Gasteiger charge is -2.34. The van der Waals surface area contributed by atoms with Crippen molar-refractivity contribution in [1.29, 1.82) is 0 Å². The van der Waals surface area contributed by atoms with Crippen molar-refractivity contribution in [3.63, 3.8) is 0 Å². The zero-order chi connectivity index (χ0) is 17.6. The van der Waals surface area contributed by atoms with E-state index >= 15 is 0 Å². The molecule has 2 aromatic rings. The maximum absolute atomic E-state index is 12.5. The first-order valence-electron chi connectivity index (χ1n) is 8.04. The van der Waals surface area contributed by atoms with Gasteiger partial charge >= 0.3 is 0 Å². The van der Waals surface area contributed by atoms with Crippen LogP contribution in [0.2, 0.25) is 0 Å². The molecule has 2 heterocycles. The van der Waals surface area contributed by atoms with Crippen LogP contribution in [0.15, 0.2) is 35.9 Å². The van der Waals surface area contributed by atoms with E-state index in [9.17, 15) is 4.79 Å². The number of carbonyl (C=O) groups excluding carboxylic acids is 1. The third-order valence-electron chi connectivity index (χ3n) is 4.12. The molecule has 0 bridgehead atoms. The van der Waals surface area contributed by atoms with Gasteiger partial charge in [0, 0.05) is 49.4 Å². The molecular weight excluding hydrogens is 338 g/mol. The quantitative estimate of drug-likeness (QED) is 0.768. The Hall–Kier alpha value is -2.54. The molecule has 0 N–H and O–H groups in total. The number of rotatable bonds is 5. The molecule has 25 heavy (non-hydrogen) atoms. The van der Waals surface area contributed by atoms with E-state index in [1.54, 1.807) is 37.7 Å². The molecule has 0 atom stereocenters. The van der Waals surface area contributed by atoms with E-state index in [1.165, 1.54) is 0 Å². The molecule has 1 saturated heterocycles. The fourth-order valence-electron chi connectivity index (χ4n) is 2.73. The molecule has 6 nitrogen and oxygen atoms in total. The highest BCUT2D eigenvalue weighted by atomic mass is 32.1. The molecule has 1 aliphatic rings. The summed E-state index contributed by atoms with van der Waals surface area (Å²) in [6.07, 6.45) is 5.18. The van der Waals surface area contributed by atoms with E-state index in [4.69, 9.17) is 9.47 Å². The molecule has 0 radical (unpaired) electrons. The van der Waals surface area contributed by atoms with Crippen molar-refractivity contribution in [3.8, 4) is 11.5 Å². The van der Waals surface area contributed by atoms with Crippen LogP contribution >= 0.6 is 11.3 Å². The molecule has 0 unspecified atom stereocenters. The standard InChI is InChI=1S/C18H21N3O3S/c1-23-15-4-5-16(24-2)14(13-15)3-6-17(22)20-8-10-21(11-9-20)18-19-7-12-25-18/h3-7,12-13H,8-11H2,1-2H3/b6-3+. The summed E-state index contributed by atoms with van der Waals surface area (Å²) < 4.78 is 10.6. The lowest BCUT2D eigenvalue weighted by molar-refractivity contribution is -0.126. The highest BCUT2D eigenvalue weighted by Gasteiger charge is 2.21. The van der Waals surface area contributed by atoms with Crippen molar-refractivity contribution >= 4 is 28.5 Å². The number of anilines is 1. The summed E-state index contributed by atoms with van der Waals surface area (Å²) in [5.41, 5.74) is 0.816. The van der Waals surface area contributed by atoms with Gasteiger partial charge in [-0.3, -0.25) is 4.79 Å². The number of hydrogen-bond acceptors (Lipinski definition) is 6. The van der Waals surface area contributed by atoms with Crippen LogP contribution in [-0.2, 0) is 4.79 Å². The van der Waals surface area contributed by atoms with Crippen LogP contribution in [0.3, 0.4) is 0 Å². The minimum Gasteiger partial charge on any atom is -0.497 e. The van der Waals surface area contributed by atoms with Gasteiger partial charge in [-0.05, 0) is 24.3 Å². The van der Waals surface area contributed by atoms with Gasteiger partial charge in [0.15, 0.2) is 5.13 Å². The van der Waals surface area contributed by atoms with Gasteiger partial charge in [-0.1, -0.05) is 0 Å². The van der Waals surface area contributed by atoms with E-state index in [0.29, 0.717) is 18.8 Å². The van der Waals surface area contributed by atoms with E-state index in [1.807, 2.05) is 34.7 Å². The fourth-order valence-corrected chi connectivity index (χ4v) is 3.42. The number of piperazine rings is 1. The molecule has 7 heteroatoms. The first kappa shape index (κ1) is 17.3. The fraction of sp³-hybridized carbons (Fsp3) is 0.333. The highest BCUT2D eigenvalue weighted by molar-refractivity contribution is 7.13. The second-order valence-electron chi connectivity index (χ2n) is 5.57. The van der Waals surface area contributed by atoms with Crippen molar-refractivity contribution in [2.24, 2.45) is 0 Å². The Morgan fingerprint density at radius 2 is 2.00 bits per heavy atom. The predicted octanol–water partition coefficient (Wildman–Crippen LogP) is 2.52. The lowest BCUT2D eigenvalue weighted by atomic mass is 10.1. The van der Waals surface area contributed by atoms with Crippen LogP contribution in [0.25, 0.3) is 6.08 Å². The van der Waals surface area contributed by atoms with Crippen molar-refractivity contribution in [1.82, 2.24) is 9.88 Å². The van der Waals surface area contributed by atoms with Gasteiger partial charge in [0.25, 0.3) is 0 Å². The molecule has 0 spiro atoms. The van der Waals surface area contributed by atoms with Crippen LogP contribution < -0.4 is 14.4 Å². The van der Waals surface area contributed by atoms with Crippen LogP contribution in [0.5, 0.6) is 11.5 Å². The Morgan fingerprint density at radius 1 is 1.20 bits per heavy atom. The number of carbonyl (C=O) groups is 1. The number of thiazole rings is 1. The van der Waals surface area contributed by atoms with Gasteiger partial charge in [-0.25, -0.2) is 4.98 Å². The number of nitrogens with zero attached hydrogens (tertiary/aromatic N) is 3. The number of methoxy groups -OCH3 is 2. The first-order valence-corrected chi connectivity index (χ1v) is 8.92. The minimum absolute atomic E-state index is 0.00339. The average molecular weight is 359 g/mol. The molecule has 1 aliphatic heterocycles. The number of benzene rings is 1. The number of ether oxygens (including phenoxy) is 2. The largest absolute Gasteiger partial charge is 0.497 e. The molecular formula is C18H21N3O3S. The summed E-state index contributed by atoms with van der Waals surface area (Å²) in [5.74, 6) is 1.44. The second kappa shape index (κ2) is 8.02. The van der Waals surface area contributed by atoms with Gasteiger partial charge in [0.1, 0.15) is 11.5 Å². The van der Waals surface area contributed by atoms with Crippen molar-refractivity contribution < 1.29 is 14.3 Å². The van der Waals surface area contributed by atoms with Crippen molar-refractivity contribution in [2.45, 2.75) is 0 Å². The van der Waals surface area contributed by atoms with Gasteiger partial charge in [-0.2, -0.15) is 0 Å². The third kappa shape index (κ3) is 4.11. The molecule has 0 aliphatic carbocycles. The first-order chi connectivity index (χ1) is 12.2. The van der Waals surface area contributed by atoms with Crippen molar-refractivity contribution in [3.05, 3.63) is 41.4 Å². The number of amides is 1. The van der Waals surface area contributed by atoms with Crippen LogP contribution in [0, 0.1) is 0 Å². The Kier molecular flexibility index (Phi) is 5.55. The molecule has 132 valence electrons. The summed E-state index contributed by atoms with van der Waals surface area (Å²) in [4.78, 5) is 20.8.